The normalized spacial score (nSPS) is 12.1. The van der Waals surface area contributed by atoms with Crippen LogP contribution in [-0.2, 0) is 0 Å². The van der Waals surface area contributed by atoms with E-state index in [9.17, 15) is 4.79 Å². The number of carbonyl (C=O) groups is 1. The van der Waals surface area contributed by atoms with Crippen molar-refractivity contribution in [1.29, 1.82) is 0 Å². The average molecular weight is 383 g/mol. The molecule has 122 valence electrons. The lowest BCUT2D eigenvalue weighted by Crippen LogP contribution is -2.32. The van der Waals surface area contributed by atoms with E-state index in [1.165, 1.54) is 0 Å². The maximum atomic E-state index is 12.7. The lowest BCUT2D eigenvalue weighted by atomic mass is 10.0. The van der Waals surface area contributed by atoms with Crippen molar-refractivity contribution in [1.82, 2.24) is 10.3 Å². The molecule has 24 heavy (non-hydrogen) atoms. The summed E-state index contributed by atoms with van der Waals surface area (Å²) in [6, 6.07) is 17.7. The quantitative estimate of drug-likeness (QED) is 0.674. The van der Waals surface area contributed by atoms with Gasteiger partial charge in [-0.15, -0.1) is 0 Å². The van der Waals surface area contributed by atoms with Crippen molar-refractivity contribution < 1.29 is 4.79 Å². The summed E-state index contributed by atoms with van der Waals surface area (Å²) >= 11 is 3.45. The Balaban J connectivity index is 2.12. The van der Waals surface area contributed by atoms with Gasteiger partial charge < -0.3 is 5.32 Å². The number of hydrogen-bond donors (Lipinski definition) is 1. The molecule has 1 aromatic heterocycles. The highest BCUT2D eigenvalue weighted by molar-refractivity contribution is 9.10. The maximum absolute atomic E-state index is 12.7. The van der Waals surface area contributed by atoms with Gasteiger partial charge in [0.1, 0.15) is 0 Å². The molecule has 3 aromatic rings. The number of halogens is 1. The Labute approximate surface area is 150 Å². The minimum atomic E-state index is -0.0543. The van der Waals surface area contributed by atoms with Crippen molar-refractivity contribution >= 4 is 32.7 Å². The number of benzene rings is 2. The number of hydrogen-bond acceptors (Lipinski definition) is 2. The summed E-state index contributed by atoms with van der Waals surface area (Å²) in [5, 5.41) is 3.93. The first-order chi connectivity index (χ1) is 11.6. The number of carbonyl (C=O) groups excluding carboxylic acids is 1. The van der Waals surface area contributed by atoms with Gasteiger partial charge in [0.05, 0.1) is 16.8 Å². The van der Waals surface area contributed by atoms with Crippen LogP contribution in [0.5, 0.6) is 0 Å². The second-order valence-corrected chi connectivity index (χ2v) is 6.78. The number of aromatic nitrogens is 1. The largest absolute Gasteiger partial charge is 0.350 e. The van der Waals surface area contributed by atoms with Gasteiger partial charge in [0.25, 0.3) is 5.91 Å². The summed E-state index contributed by atoms with van der Waals surface area (Å²) in [6.07, 6.45) is 0.897. The van der Waals surface area contributed by atoms with Crippen LogP contribution in [0.4, 0.5) is 0 Å². The van der Waals surface area contributed by atoms with Gasteiger partial charge >= 0.3 is 0 Å². The van der Waals surface area contributed by atoms with E-state index in [0.717, 1.165) is 33.1 Å². The summed E-state index contributed by atoms with van der Waals surface area (Å²) < 4.78 is 1.02. The third-order valence-electron chi connectivity index (χ3n) is 4.09. The second-order valence-electron chi connectivity index (χ2n) is 5.86. The number of para-hydroxylation sites is 1. The van der Waals surface area contributed by atoms with Gasteiger partial charge in [0, 0.05) is 21.5 Å². The summed E-state index contributed by atoms with van der Waals surface area (Å²) in [4.78, 5) is 17.4. The van der Waals surface area contributed by atoms with Gasteiger partial charge in [0.2, 0.25) is 0 Å². The van der Waals surface area contributed by atoms with E-state index in [2.05, 4.69) is 28.2 Å². The molecule has 0 aliphatic rings. The molecule has 0 saturated heterocycles. The van der Waals surface area contributed by atoms with E-state index in [4.69, 9.17) is 4.98 Å². The fraction of sp³-hybridized carbons (Fsp3) is 0.200. The van der Waals surface area contributed by atoms with E-state index in [1.807, 2.05) is 61.5 Å². The van der Waals surface area contributed by atoms with Crippen molar-refractivity contribution in [3.8, 4) is 11.3 Å². The first-order valence-electron chi connectivity index (χ1n) is 8.05. The predicted molar refractivity (Wildman–Crippen MR) is 102 cm³/mol. The topological polar surface area (TPSA) is 42.0 Å². The highest BCUT2D eigenvalue weighted by Crippen LogP contribution is 2.26. The van der Waals surface area contributed by atoms with E-state index in [0.29, 0.717) is 5.56 Å². The predicted octanol–water partition coefficient (Wildman–Crippen LogP) is 5.19. The fourth-order valence-electron chi connectivity index (χ4n) is 2.54. The summed E-state index contributed by atoms with van der Waals surface area (Å²) in [7, 11) is 0. The molecule has 0 aliphatic carbocycles. The number of fused-ring (bicyclic) bond motifs is 1. The molecule has 3 nitrogen and oxygen atoms in total. The van der Waals surface area contributed by atoms with Crippen molar-refractivity contribution in [3.05, 3.63) is 64.6 Å². The molecular formula is C20H19BrN2O. The van der Waals surface area contributed by atoms with Gasteiger partial charge in [-0.1, -0.05) is 53.2 Å². The molecule has 0 fully saturated rings. The molecule has 3 rings (SSSR count). The molecule has 1 N–H and O–H groups in total. The number of rotatable bonds is 4. The Morgan fingerprint density at radius 3 is 2.58 bits per heavy atom. The van der Waals surface area contributed by atoms with Crippen LogP contribution in [0.1, 0.15) is 30.6 Å². The molecule has 1 atom stereocenters. The van der Waals surface area contributed by atoms with Crippen LogP contribution in [0.3, 0.4) is 0 Å². The average Bonchev–Trinajstić information content (AvgIpc) is 2.61. The standard InChI is InChI=1S/C20H19BrN2O/c1-3-13(2)22-20(24)17-12-19(14-8-10-15(21)11-9-14)23-18-7-5-4-6-16(17)18/h4-13H,3H2,1-2H3,(H,22,24). The van der Waals surface area contributed by atoms with Crippen molar-refractivity contribution in [2.24, 2.45) is 0 Å². The fourth-order valence-corrected chi connectivity index (χ4v) is 2.80. The monoisotopic (exact) mass is 382 g/mol. The molecule has 2 aromatic carbocycles. The molecule has 1 unspecified atom stereocenters. The number of nitrogens with one attached hydrogen (secondary N) is 1. The Hall–Kier alpha value is -2.20. The Morgan fingerprint density at radius 1 is 1.17 bits per heavy atom. The van der Waals surface area contributed by atoms with E-state index >= 15 is 0 Å². The Kier molecular flexibility index (Phi) is 4.95. The summed E-state index contributed by atoms with van der Waals surface area (Å²) in [6.45, 7) is 4.07. The number of pyridine rings is 1. The van der Waals surface area contributed by atoms with Crippen LogP contribution in [0, 0.1) is 0 Å². The highest BCUT2D eigenvalue weighted by atomic mass is 79.9. The zero-order valence-electron chi connectivity index (χ0n) is 13.7. The smallest absolute Gasteiger partial charge is 0.252 e. The second kappa shape index (κ2) is 7.14. The lowest BCUT2D eigenvalue weighted by molar-refractivity contribution is 0.0941. The molecule has 0 aliphatic heterocycles. The highest BCUT2D eigenvalue weighted by Gasteiger charge is 2.15. The van der Waals surface area contributed by atoms with Crippen LogP contribution < -0.4 is 5.32 Å². The molecule has 0 spiro atoms. The maximum Gasteiger partial charge on any atom is 0.252 e. The zero-order chi connectivity index (χ0) is 17.1. The third kappa shape index (κ3) is 3.49. The van der Waals surface area contributed by atoms with Crippen LogP contribution in [0.2, 0.25) is 0 Å². The number of amides is 1. The van der Waals surface area contributed by atoms with E-state index < -0.39 is 0 Å². The van der Waals surface area contributed by atoms with Crippen molar-refractivity contribution in [2.45, 2.75) is 26.3 Å². The molecule has 4 heteroatoms. The van der Waals surface area contributed by atoms with Crippen LogP contribution in [0.25, 0.3) is 22.2 Å². The number of nitrogens with zero attached hydrogens (tertiary/aromatic N) is 1. The van der Waals surface area contributed by atoms with E-state index in [1.54, 1.807) is 0 Å². The molecule has 0 saturated carbocycles. The lowest BCUT2D eigenvalue weighted by Gasteiger charge is -2.14. The van der Waals surface area contributed by atoms with Crippen LogP contribution >= 0.6 is 15.9 Å². The Morgan fingerprint density at radius 2 is 1.88 bits per heavy atom. The zero-order valence-corrected chi connectivity index (χ0v) is 15.3. The summed E-state index contributed by atoms with van der Waals surface area (Å²) in [5.74, 6) is -0.0543. The summed E-state index contributed by atoms with van der Waals surface area (Å²) in [5.41, 5.74) is 3.28. The van der Waals surface area contributed by atoms with E-state index in [-0.39, 0.29) is 11.9 Å². The minimum absolute atomic E-state index is 0.0543. The molecule has 1 amide bonds. The first kappa shape index (κ1) is 16.7. The van der Waals surface area contributed by atoms with Gasteiger partial charge in [-0.05, 0) is 37.6 Å². The van der Waals surface area contributed by atoms with Crippen molar-refractivity contribution in [2.75, 3.05) is 0 Å². The van der Waals surface area contributed by atoms with Gasteiger partial charge in [-0.25, -0.2) is 4.98 Å². The van der Waals surface area contributed by atoms with Crippen LogP contribution in [0.15, 0.2) is 59.1 Å². The molecular weight excluding hydrogens is 364 g/mol. The molecule has 0 radical (unpaired) electrons. The Bertz CT molecular complexity index is 874. The van der Waals surface area contributed by atoms with Gasteiger partial charge in [0.15, 0.2) is 0 Å². The minimum Gasteiger partial charge on any atom is -0.350 e. The van der Waals surface area contributed by atoms with Gasteiger partial charge in [-0.2, -0.15) is 0 Å². The van der Waals surface area contributed by atoms with Crippen LogP contribution in [-0.4, -0.2) is 16.9 Å². The third-order valence-corrected chi connectivity index (χ3v) is 4.62. The first-order valence-corrected chi connectivity index (χ1v) is 8.84. The molecule has 1 heterocycles. The van der Waals surface area contributed by atoms with Gasteiger partial charge in [-0.3, -0.25) is 4.79 Å². The SMILES string of the molecule is CCC(C)NC(=O)c1cc(-c2ccc(Br)cc2)nc2ccccc12. The molecule has 0 bridgehead atoms. The van der Waals surface area contributed by atoms with Crippen molar-refractivity contribution in [3.63, 3.8) is 0 Å².